The van der Waals surface area contributed by atoms with Crippen molar-refractivity contribution in [2.75, 3.05) is 13.1 Å². The van der Waals surface area contributed by atoms with E-state index in [1.54, 1.807) is 0 Å². The predicted molar refractivity (Wildman–Crippen MR) is 80.3 cm³/mol. The smallest absolute Gasteiger partial charge is 0.108 e. The van der Waals surface area contributed by atoms with Crippen molar-refractivity contribution < 1.29 is 0 Å². The van der Waals surface area contributed by atoms with Gasteiger partial charge in [0.1, 0.15) is 5.82 Å². The normalized spacial score (nSPS) is 20.4. The number of aromatic nitrogens is 3. The highest BCUT2D eigenvalue weighted by atomic mass is 15.1. The van der Waals surface area contributed by atoms with Crippen LogP contribution < -0.4 is 0 Å². The number of imidazole rings is 1. The molecule has 0 bridgehead atoms. The molecule has 108 valence electrons. The molecule has 0 aromatic carbocycles. The van der Waals surface area contributed by atoms with Crippen LogP contribution in [0.1, 0.15) is 24.4 Å². The third-order valence-corrected chi connectivity index (χ3v) is 4.43. The lowest BCUT2D eigenvalue weighted by Crippen LogP contribution is -2.36. The lowest BCUT2D eigenvalue weighted by Gasteiger charge is -2.32. The molecule has 4 nitrogen and oxygen atoms in total. The fourth-order valence-electron chi connectivity index (χ4n) is 3.20. The third-order valence-electron chi connectivity index (χ3n) is 4.43. The summed E-state index contributed by atoms with van der Waals surface area (Å²) in [6, 6.07) is 4.35. The van der Waals surface area contributed by atoms with E-state index in [2.05, 4.69) is 51.4 Å². The van der Waals surface area contributed by atoms with E-state index in [0.29, 0.717) is 0 Å². The van der Waals surface area contributed by atoms with E-state index in [1.807, 2.05) is 12.4 Å². The Morgan fingerprint density at radius 3 is 2.85 bits per heavy atom. The van der Waals surface area contributed by atoms with Gasteiger partial charge in [-0.3, -0.25) is 4.90 Å². The van der Waals surface area contributed by atoms with E-state index < -0.39 is 0 Å². The first-order valence-electron chi connectivity index (χ1n) is 7.51. The van der Waals surface area contributed by atoms with E-state index in [9.17, 15) is 0 Å². The van der Waals surface area contributed by atoms with Gasteiger partial charge in [-0.1, -0.05) is 0 Å². The van der Waals surface area contributed by atoms with Gasteiger partial charge in [0.25, 0.3) is 0 Å². The number of rotatable bonds is 4. The van der Waals surface area contributed by atoms with Crippen LogP contribution in [0.4, 0.5) is 0 Å². The first-order chi connectivity index (χ1) is 9.72. The highest BCUT2D eigenvalue weighted by molar-refractivity contribution is 5.06. The van der Waals surface area contributed by atoms with Crippen LogP contribution in [-0.4, -0.2) is 32.1 Å². The monoisotopic (exact) mass is 272 g/mol. The van der Waals surface area contributed by atoms with E-state index in [4.69, 9.17) is 0 Å². The van der Waals surface area contributed by atoms with Crippen molar-refractivity contribution in [1.29, 1.82) is 0 Å². The van der Waals surface area contributed by atoms with Gasteiger partial charge in [0.15, 0.2) is 0 Å². The molecule has 3 heterocycles. The van der Waals surface area contributed by atoms with Crippen LogP contribution in [0.5, 0.6) is 0 Å². The summed E-state index contributed by atoms with van der Waals surface area (Å²) in [7, 11) is 4.22. The second kappa shape index (κ2) is 5.83. The molecule has 1 atom stereocenters. The summed E-state index contributed by atoms with van der Waals surface area (Å²) in [4.78, 5) is 7.05. The summed E-state index contributed by atoms with van der Waals surface area (Å²) in [6.45, 7) is 3.49. The van der Waals surface area contributed by atoms with E-state index in [0.717, 1.165) is 18.9 Å². The molecule has 20 heavy (non-hydrogen) atoms. The summed E-state index contributed by atoms with van der Waals surface area (Å²) in [5, 5.41) is 0. The largest absolute Gasteiger partial charge is 0.353 e. The summed E-state index contributed by atoms with van der Waals surface area (Å²) in [6.07, 6.45) is 9.81. The average molecular weight is 272 g/mol. The Bertz CT molecular complexity index is 506. The molecule has 0 spiro atoms. The van der Waals surface area contributed by atoms with Gasteiger partial charge < -0.3 is 9.13 Å². The minimum atomic E-state index is 0.741. The first kappa shape index (κ1) is 13.4. The van der Waals surface area contributed by atoms with Crippen molar-refractivity contribution in [1.82, 2.24) is 19.0 Å². The Morgan fingerprint density at radius 1 is 1.25 bits per heavy atom. The number of hydrogen-bond donors (Lipinski definition) is 0. The molecule has 0 N–H and O–H groups in total. The summed E-state index contributed by atoms with van der Waals surface area (Å²) in [5.41, 5.74) is 1.41. The van der Waals surface area contributed by atoms with Gasteiger partial charge in [-0.05, 0) is 37.4 Å². The molecule has 0 unspecified atom stereocenters. The third kappa shape index (κ3) is 2.96. The molecular weight excluding hydrogens is 248 g/mol. The van der Waals surface area contributed by atoms with E-state index >= 15 is 0 Å². The maximum Gasteiger partial charge on any atom is 0.108 e. The summed E-state index contributed by atoms with van der Waals surface area (Å²) < 4.78 is 4.37. The summed E-state index contributed by atoms with van der Waals surface area (Å²) >= 11 is 0. The van der Waals surface area contributed by atoms with Crippen LogP contribution >= 0.6 is 0 Å². The molecule has 1 fully saturated rings. The van der Waals surface area contributed by atoms with Crippen LogP contribution in [0.15, 0.2) is 30.7 Å². The van der Waals surface area contributed by atoms with Crippen LogP contribution in [0.2, 0.25) is 0 Å². The molecule has 1 aliphatic rings. The maximum atomic E-state index is 4.47. The number of piperidine rings is 1. The predicted octanol–water partition coefficient (Wildman–Crippen LogP) is 2.21. The molecule has 4 heteroatoms. The maximum absolute atomic E-state index is 4.47. The van der Waals surface area contributed by atoms with Crippen molar-refractivity contribution in [3.63, 3.8) is 0 Å². The van der Waals surface area contributed by atoms with Gasteiger partial charge in [0.05, 0.1) is 0 Å². The lowest BCUT2D eigenvalue weighted by molar-refractivity contribution is 0.162. The highest BCUT2D eigenvalue weighted by Gasteiger charge is 2.21. The van der Waals surface area contributed by atoms with Gasteiger partial charge in [-0.25, -0.2) is 4.98 Å². The van der Waals surface area contributed by atoms with Gasteiger partial charge in [-0.2, -0.15) is 0 Å². The molecule has 2 aromatic rings. The van der Waals surface area contributed by atoms with Crippen molar-refractivity contribution >= 4 is 0 Å². The van der Waals surface area contributed by atoms with Crippen LogP contribution in [0.25, 0.3) is 0 Å². The molecule has 0 aliphatic carbocycles. The van der Waals surface area contributed by atoms with Crippen molar-refractivity contribution in [3.8, 4) is 0 Å². The molecule has 3 rings (SSSR count). The van der Waals surface area contributed by atoms with E-state index in [1.165, 1.54) is 37.4 Å². The molecule has 0 radical (unpaired) electrons. The number of hydrogen-bond acceptors (Lipinski definition) is 2. The zero-order chi connectivity index (χ0) is 13.9. The molecular formula is C16H24N4. The van der Waals surface area contributed by atoms with Crippen molar-refractivity contribution in [2.45, 2.75) is 25.8 Å². The Kier molecular flexibility index (Phi) is 3.92. The average Bonchev–Trinajstić information content (AvgIpc) is 3.01. The summed E-state index contributed by atoms with van der Waals surface area (Å²) in [5.74, 6) is 1.96. The van der Waals surface area contributed by atoms with E-state index in [-0.39, 0.29) is 0 Å². The van der Waals surface area contributed by atoms with Crippen LogP contribution in [-0.2, 0) is 27.1 Å². The van der Waals surface area contributed by atoms with Crippen LogP contribution in [0, 0.1) is 5.92 Å². The molecule has 0 amide bonds. The highest BCUT2D eigenvalue weighted by Crippen LogP contribution is 2.21. The fourth-order valence-corrected chi connectivity index (χ4v) is 3.20. The number of likely N-dealkylation sites (tertiary alicyclic amines) is 1. The Hall–Kier alpha value is -1.55. The van der Waals surface area contributed by atoms with Gasteiger partial charge in [0.2, 0.25) is 0 Å². The second-order valence-corrected chi connectivity index (χ2v) is 6.01. The van der Waals surface area contributed by atoms with Gasteiger partial charge in [0, 0.05) is 57.9 Å². The second-order valence-electron chi connectivity index (χ2n) is 6.01. The topological polar surface area (TPSA) is 26.0 Å². The minimum Gasteiger partial charge on any atom is -0.353 e. The van der Waals surface area contributed by atoms with Crippen molar-refractivity contribution in [3.05, 3.63) is 42.2 Å². The Labute approximate surface area is 121 Å². The van der Waals surface area contributed by atoms with Gasteiger partial charge in [-0.15, -0.1) is 0 Å². The van der Waals surface area contributed by atoms with Gasteiger partial charge >= 0.3 is 0 Å². The molecule has 2 aromatic heterocycles. The first-order valence-corrected chi connectivity index (χ1v) is 7.51. The van der Waals surface area contributed by atoms with Crippen molar-refractivity contribution in [2.24, 2.45) is 20.0 Å². The fraction of sp³-hybridized carbons (Fsp3) is 0.562. The minimum absolute atomic E-state index is 0.741. The Balaban J connectivity index is 1.59. The standard InChI is InChI=1S/C16H24N4/c1-18-8-4-6-15(18)13-20-9-3-5-14(12-20)11-16-17-7-10-19(16)2/h4,6-8,10,14H,3,5,9,11-13H2,1-2H3/t14-/m0/s1. The molecule has 1 saturated heterocycles. The quantitative estimate of drug-likeness (QED) is 0.853. The molecule has 0 saturated carbocycles. The Morgan fingerprint density at radius 2 is 2.15 bits per heavy atom. The lowest BCUT2D eigenvalue weighted by atomic mass is 9.94. The van der Waals surface area contributed by atoms with Crippen LogP contribution in [0.3, 0.4) is 0 Å². The molecule has 1 aliphatic heterocycles. The number of nitrogens with zero attached hydrogens (tertiary/aromatic N) is 4. The zero-order valence-corrected chi connectivity index (χ0v) is 12.5. The zero-order valence-electron chi connectivity index (χ0n) is 12.5. The number of aryl methyl sites for hydroxylation is 2. The SMILES string of the molecule is Cn1cccc1CN1CCC[C@@H](Cc2nccn2C)C1.